The number of hydrogen-bond donors (Lipinski definition) is 1. The highest BCUT2D eigenvalue weighted by Gasteiger charge is 2.50. The lowest BCUT2D eigenvalue weighted by Gasteiger charge is -2.09. The van der Waals surface area contributed by atoms with Gasteiger partial charge in [-0.1, -0.05) is 13.3 Å². The molecule has 1 saturated carbocycles. The topological polar surface area (TPSA) is 26.0 Å². The summed E-state index contributed by atoms with van der Waals surface area (Å²) in [6, 6.07) is 0. The van der Waals surface area contributed by atoms with Crippen molar-refractivity contribution in [2.45, 2.75) is 24.5 Å². The molecule has 9 heavy (non-hydrogen) atoms. The lowest BCUT2D eigenvalue weighted by Crippen LogP contribution is -2.20. The highest BCUT2D eigenvalue weighted by Crippen LogP contribution is 2.54. The van der Waals surface area contributed by atoms with Crippen LogP contribution in [0, 0.1) is 5.92 Å². The fourth-order valence-corrected chi connectivity index (χ4v) is 2.49. The Bertz CT molecular complexity index is 99.1. The summed E-state index contributed by atoms with van der Waals surface area (Å²) in [7, 11) is 0. The fourth-order valence-electron chi connectivity index (χ4n) is 1.46. The third-order valence-electron chi connectivity index (χ3n) is 2.42. The molecule has 0 aromatic carbocycles. The maximum Gasteiger partial charge on any atom is 0.0311 e. The van der Waals surface area contributed by atoms with Crippen molar-refractivity contribution in [3.63, 3.8) is 0 Å². The molecule has 1 aliphatic rings. The first-order valence-electron chi connectivity index (χ1n) is 3.54. The molecular formula is C7H15NS. The van der Waals surface area contributed by atoms with Crippen molar-refractivity contribution in [2.75, 3.05) is 12.8 Å². The van der Waals surface area contributed by atoms with Crippen LogP contribution in [0.3, 0.4) is 0 Å². The summed E-state index contributed by atoms with van der Waals surface area (Å²) >= 11 is 1.95. The predicted octanol–water partition coefficient (Wildman–Crippen LogP) is 1.48. The Kier molecular flexibility index (Phi) is 2.07. The first-order chi connectivity index (χ1) is 4.29. The molecule has 1 aliphatic carbocycles. The molecule has 0 bridgehead atoms. The standard InChI is InChI=1S/C7H15NS/c1-3-6-4-7(6,5-8)9-2/h6H,3-5,8H2,1-2H3. The molecule has 0 aromatic heterocycles. The maximum atomic E-state index is 5.62. The van der Waals surface area contributed by atoms with Gasteiger partial charge in [0.1, 0.15) is 0 Å². The lowest BCUT2D eigenvalue weighted by atomic mass is 10.2. The monoisotopic (exact) mass is 145 g/mol. The molecule has 0 heterocycles. The van der Waals surface area contributed by atoms with Crippen LogP contribution in [0.4, 0.5) is 0 Å². The minimum atomic E-state index is 0.495. The van der Waals surface area contributed by atoms with Gasteiger partial charge in [0.25, 0.3) is 0 Å². The van der Waals surface area contributed by atoms with Gasteiger partial charge in [-0.3, -0.25) is 0 Å². The Labute approximate surface area is 61.4 Å². The van der Waals surface area contributed by atoms with E-state index < -0.39 is 0 Å². The maximum absolute atomic E-state index is 5.62. The molecular weight excluding hydrogens is 130 g/mol. The van der Waals surface area contributed by atoms with E-state index in [1.54, 1.807) is 0 Å². The normalized spacial score (nSPS) is 41.0. The first kappa shape index (κ1) is 7.42. The third-order valence-corrected chi connectivity index (χ3v) is 3.90. The SMILES string of the molecule is CCC1CC1(CN)SC. The molecule has 2 N–H and O–H groups in total. The molecule has 0 spiro atoms. The van der Waals surface area contributed by atoms with Gasteiger partial charge in [0.2, 0.25) is 0 Å². The van der Waals surface area contributed by atoms with Crippen molar-refractivity contribution in [3.8, 4) is 0 Å². The van der Waals surface area contributed by atoms with Gasteiger partial charge >= 0.3 is 0 Å². The van der Waals surface area contributed by atoms with Crippen LogP contribution >= 0.6 is 11.8 Å². The lowest BCUT2D eigenvalue weighted by molar-refractivity contribution is 0.720. The minimum Gasteiger partial charge on any atom is -0.329 e. The van der Waals surface area contributed by atoms with Crippen LogP contribution in [-0.2, 0) is 0 Å². The minimum absolute atomic E-state index is 0.495. The van der Waals surface area contributed by atoms with E-state index in [4.69, 9.17) is 5.73 Å². The van der Waals surface area contributed by atoms with E-state index in [-0.39, 0.29) is 0 Å². The summed E-state index contributed by atoms with van der Waals surface area (Å²) in [5.41, 5.74) is 5.62. The van der Waals surface area contributed by atoms with Crippen molar-refractivity contribution >= 4 is 11.8 Å². The summed E-state index contributed by atoms with van der Waals surface area (Å²) in [6.45, 7) is 3.12. The number of hydrogen-bond acceptors (Lipinski definition) is 2. The molecule has 1 fully saturated rings. The van der Waals surface area contributed by atoms with Crippen molar-refractivity contribution in [1.29, 1.82) is 0 Å². The van der Waals surface area contributed by atoms with Crippen LogP contribution in [0.15, 0.2) is 0 Å². The first-order valence-corrected chi connectivity index (χ1v) is 4.76. The van der Waals surface area contributed by atoms with Gasteiger partial charge < -0.3 is 5.73 Å². The van der Waals surface area contributed by atoms with Crippen molar-refractivity contribution < 1.29 is 0 Å². The van der Waals surface area contributed by atoms with Gasteiger partial charge in [-0.15, -0.1) is 0 Å². The Morgan fingerprint density at radius 3 is 2.56 bits per heavy atom. The summed E-state index contributed by atoms with van der Waals surface area (Å²) in [6.07, 6.45) is 4.82. The molecule has 54 valence electrons. The van der Waals surface area contributed by atoms with Gasteiger partial charge in [0.05, 0.1) is 0 Å². The molecule has 1 rings (SSSR count). The van der Waals surface area contributed by atoms with Gasteiger partial charge in [0.15, 0.2) is 0 Å². The summed E-state index contributed by atoms with van der Waals surface area (Å²) in [5, 5.41) is 0. The number of rotatable bonds is 3. The smallest absolute Gasteiger partial charge is 0.0311 e. The molecule has 2 heteroatoms. The largest absolute Gasteiger partial charge is 0.329 e. The molecule has 0 aliphatic heterocycles. The van der Waals surface area contributed by atoms with E-state index >= 15 is 0 Å². The van der Waals surface area contributed by atoms with Crippen LogP contribution < -0.4 is 5.73 Å². The molecule has 0 aromatic rings. The molecule has 0 amide bonds. The second-order valence-electron chi connectivity index (χ2n) is 2.78. The van der Waals surface area contributed by atoms with Gasteiger partial charge in [-0.2, -0.15) is 11.8 Å². The zero-order valence-electron chi connectivity index (χ0n) is 6.18. The summed E-state index contributed by atoms with van der Waals surface area (Å²) in [4.78, 5) is 0. The summed E-state index contributed by atoms with van der Waals surface area (Å²) in [5.74, 6) is 0.914. The Hall–Kier alpha value is 0.310. The van der Waals surface area contributed by atoms with Crippen molar-refractivity contribution in [2.24, 2.45) is 11.7 Å². The van der Waals surface area contributed by atoms with E-state index in [1.165, 1.54) is 12.8 Å². The van der Waals surface area contributed by atoms with Gasteiger partial charge in [-0.25, -0.2) is 0 Å². The molecule has 2 atom stereocenters. The fraction of sp³-hybridized carbons (Fsp3) is 1.00. The van der Waals surface area contributed by atoms with E-state index in [0.717, 1.165) is 12.5 Å². The van der Waals surface area contributed by atoms with Crippen molar-refractivity contribution in [3.05, 3.63) is 0 Å². The summed E-state index contributed by atoms with van der Waals surface area (Å²) < 4.78 is 0.495. The van der Waals surface area contributed by atoms with E-state index in [9.17, 15) is 0 Å². The zero-order valence-corrected chi connectivity index (χ0v) is 7.00. The van der Waals surface area contributed by atoms with Crippen LogP contribution in [0.2, 0.25) is 0 Å². The predicted molar refractivity (Wildman–Crippen MR) is 43.7 cm³/mol. The second-order valence-corrected chi connectivity index (χ2v) is 4.00. The second kappa shape index (κ2) is 2.51. The van der Waals surface area contributed by atoms with Gasteiger partial charge in [-0.05, 0) is 18.6 Å². The third kappa shape index (κ3) is 1.10. The average Bonchev–Trinajstić information content (AvgIpc) is 2.63. The van der Waals surface area contributed by atoms with Crippen LogP contribution in [0.25, 0.3) is 0 Å². The van der Waals surface area contributed by atoms with E-state index in [1.807, 2.05) is 11.8 Å². The molecule has 2 unspecified atom stereocenters. The molecule has 1 nitrogen and oxygen atoms in total. The van der Waals surface area contributed by atoms with E-state index in [0.29, 0.717) is 4.75 Å². The zero-order chi connectivity index (χ0) is 6.91. The van der Waals surface area contributed by atoms with Crippen LogP contribution in [0.5, 0.6) is 0 Å². The molecule has 0 radical (unpaired) electrons. The van der Waals surface area contributed by atoms with Crippen molar-refractivity contribution in [1.82, 2.24) is 0 Å². The number of thioether (sulfide) groups is 1. The Balaban J connectivity index is 2.37. The highest BCUT2D eigenvalue weighted by molar-refractivity contribution is 8.00. The Morgan fingerprint density at radius 2 is 2.44 bits per heavy atom. The molecule has 0 saturated heterocycles. The van der Waals surface area contributed by atoms with Crippen LogP contribution in [-0.4, -0.2) is 17.5 Å². The average molecular weight is 145 g/mol. The van der Waals surface area contributed by atoms with Gasteiger partial charge in [0, 0.05) is 11.3 Å². The van der Waals surface area contributed by atoms with E-state index in [2.05, 4.69) is 13.2 Å². The van der Waals surface area contributed by atoms with Crippen LogP contribution in [0.1, 0.15) is 19.8 Å². The quantitative estimate of drug-likeness (QED) is 0.651. The highest BCUT2D eigenvalue weighted by atomic mass is 32.2. The Morgan fingerprint density at radius 1 is 1.78 bits per heavy atom. The number of nitrogens with two attached hydrogens (primary N) is 1.